The average Bonchev–Trinajstić information content (AvgIpc) is 2.78. The van der Waals surface area contributed by atoms with Gasteiger partial charge in [-0.3, -0.25) is 0 Å². The molecule has 3 rings (SSSR count). The topological polar surface area (TPSA) is 64.9 Å². The minimum absolute atomic E-state index is 0.218. The molecule has 0 unspecified atom stereocenters. The van der Waals surface area contributed by atoms with Gasteiger partial charge in [-0.15, -0.1) is 0 Å². The molecule has 0 saturated heterocycles. The third-order valence-corrected chi connectivity index (χ3v) is 3.42. The van der Waals surface area contributed by atoms with E-state index < -0.39 is 5.92 Å². The molecule has 0 atom stereocenters. The lowest BCUT2D eigenvalue weighted by molar-refractivity contribution is -0.0925. The number of hydrogen-bond acceptors (Lipinski definition) is 4. The Bertz CT molecular complexity index is 616. The van der Waals surface area contributed by atoms with Gasteiger partial charge in [-0.25, -0.2) is 8.78 Å². The zero-order valence-electron chi connectivity index (χ0n) is 10.4. The van der Waals surface area contributed by atoms with Crippen molar-refractivity contribution in [1.29, 1.82) is 0 Å². The monoisotopic (exact) mass is 265 g/mol. The van der Waals surface area contributed by atoms with E-state index in [0.717, 1.165) is 11.1 Å². The molecular weight excluding hydrogens is 252 g/mol. The van der Waals surface area contributed by atoms with Crippen LogP contribution in [0.25, 0.3) is 11.4 Å². The number of hydrogen-bond donors (Lipinski definition) is 1. The summed E-state index contributed by atoms with van der Waals surface area (Å²) in [5, 5.41) is 3.82. The summed E-state index contributed by atoms with van der Waals surface area (Å²) in [6.45, 7) is 1.90. The first kappa shape index (κ1) is 12.1. The first-order chi connectivity index (χ1) is 8.94. The van der Waals surface area contributed by atoms with E-state index >= 15 is 0 Å². The van der Waals surface area contributed by atoms with Gasteiger partial charge in [0, 0.05) is 30.0 Å². The molecule has 0 amide bonds. The summed E-state index contributed by atoms with van der Waals surface area (Å²) in [4.78, 5) is 4.17. The fourth-order valence-electron chi connectivity index (χ4n) is 2.13. The van der Waals surface area contributed by atoms with Gasteiger partial charge < -0.3 is 10.3 Å². The summed E-state index contributed by atoms with van der Waals surface area (Å²) >= 11 is 0. The Morgan fingerprint density at radius 3 is 2.74 bits per heavy atom. The number of anilines is 1. The number of nitrogen functional groups attached to an aromatic ring is 1. The molecule has 19 heavy (non-hydrogen) atoms. The van der Waals surface area contributed by atoms with Gasteiger partial charge in [-0.2, -0.15) is 4.98 Å². The lowest BCUT2D eigenvalue weighted by Gasteiger charge is -2.31. The van der Waals surface area contributed by atoms with E-state index in [0.29, 0.717) is 11.5 Å². The van der Waals surface area contributed by atoms with Gasteiger partial charge in [0.15, 0.2) is 0 Å². The summed E-state index contributed by atoms with van der Waals surface area (Å²) in [5.74, 6) is -2.26. The summed E-state index contributed by atoms with van der Waals surface area (Å²) in [7, 11) is 0. The fraction of sp³-hybridized carbons (Fsp3) is 0.385. The minimum atomic E-state index is -2.59. The molecule has 1 aliphatic carbocycles. The second kappa shape index (κ2) is 4.01. The van der Waals surface area contributed by atoms with Crippen LogP contribution in [0.2, 0.25) is 0 Å². The lowest BCUT2D eigenvalue weighted by atomic mass is 9.81. The van der Waals surface area contributed by atoms with Crippen LogP contribution in [0.5, 0.6) is 0 Å². The van der Waals surface area contributed by atoms with E-state index in [1.54, 1.807) is 6.07 Å². The van der Waals surface area contributed by atoms with Crippen LogP contribution < -0.4 is 5.73 Å². The van der Waals surface area contributed by atoms with Crippen LogP contribution in [0.4, 0.5) is 14.5 Å². The summed E-state index contributed by atoms with van der Waals surface area (Å²) in [5.41, 5.74) is 8.14. The lowest BCUT2D eigenvalue weighted by Crippen LogP contribution is -2.33. The van der Waals surface area contributed by atoms with Crippen LogP contribution in [0.3, 0.4) is 0 Å². The number of nitrogens with zero attached hydrogens (tertiary/aromatic N) is 2. The maximum Gasteiger partial charge on any atom is 0.249 e. The Balaban J connectivity index is 1.83. The van der Waals surface area contributed by atoms with Crippen LogP contribution in [0.1, 0.15) is 30.2 Å². The van der Waals surface area contributed by atoms with Crippen LogP contribution in [0, 0.1) is 6.92 Å². The molecule has 2 aromatic rings. The van der Waals surface area contributed by atoms with Crippen molar-refractivity contribution < 1.29 is 13.3 Å². The molecule has 0 radical (unpaired) electrons. The highest BCUT2D eigenvalue weighted by Crippen LogP contribution is 2.47. The van der Waals surface area contributed by atoms with E-state index in [4.69, 9.17) is 10.3 Å². The number of rotatable bonds is 2. The molecule has 0 spiro atoms. The van der Waals surface area contributed by atoms with E-state index in [9.17, 15) is 8.78 Å². The highest BCUT2D eigenvalue weighted by Gasteiger charge is 2.48. The number of halogens is 2. The first-order valence-corrected chi connectivity index (χ1v) is 6.02. The van der Waals surface area contributed by atoms with Gasteiger partial charge in [-0.05, 0) is 18.6 Å². The smallest absolute Gasteiger partial charge is 0.249 e. The second-order valence-corrected chi connectivity index (χ2v) is 4.99. The molecule has 1 heterocycles. The molecule has 6 heteroatoms. The number of nitrogens with two attached hydrogens (primary N) is 1. The molecule has 1 fully saturated rings. The van der Waals surface area contributed by atoms with E-state index in [-0.39, 0.29) is 24.7 Å². The number of benzene rings is 1. The zero-order valence-corrected chi connectivity index (χ0v) is 10.4. The van der Waals surface area contributed by atoms with Gasteiger partial charge in [0.2, 0.25) is 17.6 Å². The van der Waals surface area contributed by atoms with Crippen molar-refractivity contribution in [1.82, 2.24) is 10.1 Å². The summed E-state index contributed by atoms with van der Waals surface area (Å²) in [6, 6.07) is 5.44. The molecule has 1 aliphatic rings. The SMILES string of the molecule is Cc1ccc(-c2noc(C3CC(F)(F)C3)n2)cc1N. The normalized spacial score (nSPS) is 18.3. The standard InChI is InChI=1S/C13H13F2N3O/c1-7-2-3-8(4-10(7)16)11-17-12(19-18-11)9-5-13(14,15)6-9/h2-4,9H,5-6,16H2,1H3. The Morgan fingerprint density at radius 2 is 2.11 bits per heavy atom. The summed E-state index contributed by atoms with van der Waals surface area (Å²) in [6.07, 6.45) is -0.435. The molecule has 100 valence electrons. The largest absolute Gasteiger partial charge is 0.398 e. The van der Waals surface area contributed by atoms with Crippen LogP contribution >= 0.6 is 0 Å². The van der Waals surface area contributed by atoms with Gasteiger partial charge in [0.1, 0.15) is 0 Å². The number of aromatic nitrogens is 2. The highest BCUT2D eigenvalue weighted by atomic mass is 19.3. The van der Waals surface area contributed by atoms with Crippen LogP contribution in [-0.4, -0.2) is 16.1 Å². The van der Waals surface area contributed by atoms with E-state index in [1.165, 1.54) is 0 Å². The van der Waals surface area contributed by atoms with Crippen molar-refractivity contribution in [2.45, 2.75) is 31.6 Å². The maximum absolute atomic E-state index is 12.8. The van der Waals surface area contributed by atoms with Gasteiger partial charge in [-0.1, -0.05) is 17.3 Å². The first-order valence-electron chi connectivity index (χ1n) is 6.02. The molecule has 0 aliphatic heterocycles. The Morgan fingerprint density at radius 1 is 1.37 bits per heavy atom. The molecule has 2 N–H and O–H groups in total. The van der Waals surface area contributed by atoms with Crippen molar-refractivity contribution in [3.05, 3.63) is 29.7 Å². The number of alkyl halides is 2. The van der Waals surface area contributed by atoms with Crippen molar-refractivity contribution in [3.63, 3.8) is 0 Å². The van der Waals surface area contributed by atoms with Crippen LogP contribution in [-0.2, 0) is 0 Å². The fourth-order valence-corrected chi connectivity index (χ4v) is 2.13. The maximum atomic E-state index is 12.8. The average molecular weight is 265 g/mol. The minimum Gasteiger partial charge on any atom is -0.398 e. The Kier molecular flexibility index (Phi) is 2.55. The van der Waals surface area contributed by atoms with E-state index in [1.807, 2.05) is 19.1 Å². The third kappa shape index (κ3) is 2.18. The van der Waals surface area contributed by atoms with Crippen molar-refractivity contribution in [3.8, 4) is 11.4 Å². The van der Waals surface area contributed by atoms with Crippen molar-refractivity contribution in [2.75, 3.05) is 5.73 Å². The van der Waals surface area contributed by atoms with Gasteiger partial charge in [0.05, 0.1) is 0 Å². The van der Waals surface area contributed by atoms with E-state index in [2.05, 4.69) is 10.1 Å². The summed E-state index contributed by atoms with van der Waals surface area (Å²) < 4.78 is 30.6. The van der Waals surface area contributed by atoms with Crippen LogP contribution in [0.15, 0.2) is 22.7 Å². The molecule has 1 aromatic carbocycles. The second-order valence-electron chi connectivity index (χ2n) is 4.99. The highest BCUT2D eigenvalue weighted by molar-refractivity contribution is 5.63. The quantitative estimate of drug-likeness (QED) is 0.847. The molecule has 0 bridgehead atoms. The number of aryl methyl sites for hydroxylation is 1. The zero-order chi connectivity index (χ0) is 13.6. The van der Waals surface area contributed by atoms with Gasteiger partial charge >= 0.3 is 0 Å². The van der Waals surface area contributed by atoms with Gasteiger partial charge in [0.25, 0.3) is 0 Å². The predicted octanol–water partition coefficient (Wildman–Crippen LogP) is 3.14. The molecule has 4 nitrogen and oxygen atoms in total. The third-order valence-electron chi connectivity index (χ3n) is 3.42. The Labute approximate surface area is 108 Å². The van der Waals surface area contributed by atoms with Crippen molar-refractivity contribution >= 4 is 5.69 Å². The van der Waals surface area contributed by atoms with Crippen molar-refractivity contribution in [2.24, 2.45) is 0 Å². The predicted molar refractivity (Wildman–Crippen MR) is 65.8 cm³/mol. The molecule has 1 aromatic heterocycles. The molecular formula is C13H13F2N3O. The molecule has 1 saturated carbocycles. The Hall–Kier alpha value is -1.98.